The van der Waals surface area contributed by atoms with E-state index in [0.29, 0.717) is 6.61 Å². The van der Waals surface area contributed by atoms with Gasteiger partial charge in [0, 0.05) is 30.9 Å². The maximum Gasteiger partial charge on any atom is 0.115 e. The van der Waals surface area contributed by atoms with Crippen molar-refractivity contribution in [1.29, 1.82) is 0 Å². The van der Waals surface area contributed by atoms with E-state index >= 15 is 0 Å². The summed E-state index contributed by atoms with van der Waals surface area (Å²) in [5.41, 5.74) is 9.45. The fraction of sp³-hybridized carbons (Fsp3) is 0.211. The molecule has 0 radical (unpaired) electrons. The normalized spacial score (nSPS) is 20.4. The zero-order valence-corrected chi connectivity index (χ0v) is 13.7. The van der Waals surface area contributed by atoms with Crippen molar-refractivity contribution in [2.45, 2.75) is 12.8 Å². The molecule has 0 saturated heterocycles. The summed E-state index contributed by atoms with van der Waals surface area (Å²) in [5.74, 6) is 0.718. The Morgan fingerprint density at radius 3 is 2.88 bits per heavy atom. The SMILES string of the molecule is C=C/C(=C\C1C(c2cnn(C)c2)=CNC1N)OCc1ccccc1. The number of ether oxygens (including phenoxy) is 1. The molecule has 0 bridgehead atoms. The first-order valence-corrected chi connectivity index (χ1v) is 7.89. The van der Waals surface area contributed by atoms with Crippen molar-refractivity contribution in [3.8, 4) is 0 Å². The molecule has 24 heavy (non-hydrogen) atoms. The van der Waals surface area contributed by atoms with E-state index in [2.05, 4.69) is 17.0 Å². The number of hydrogen-bond acceptors (Lipinski definition) is 4. The van der Waals surface area contributed by atoms with Crippen LogP contribution in [-0.4, -0.2) is 15.9 Å². The summed E-state index contributed by atoms with van der Waals surface area (Å²) >= 11 is 0. The van der Waals surface area contributed by atoms with E-state index in [-0.39, 0.29) is 12.1 Å². The third-order valence-corrected chi connectivity index (χ3v) is 4.01. The Labute approximate surface area is 142 Å². The topological polar surface area (TPSA) is 65.1 Å². The lowest BCUT2D eigenvalue weighted by molar-refractivity contribution is 0.209. The van der Waals surface area contributed by atoms with Crippen molar-refractivity contribution in [3.63, 3.8) is 0 Å². The van der Waals surface area contributed by atoms with Crippen LogP contribution >= 0.6 is 0 Å². The molecule has 3 N–H and O–H groups in total. The summed E-state index contributed by atoms with van der Waals surface area (Å²) < 4.78 is 7.67. The van der Waals surface area contributed by atoms with Crippen LogP contribution < -0.4 is 11.1 Å². The summed E-state index contributed by atoms with van der Waals surface area (Å²) in [6.45, 7) is 4.35. The lowest BCUT2D eigenvalue weighted by Crippen LogP contribution is -2.35. The molecule has 2 heterocycles. The Bertz CT molecular complexity index is 761. The molecule has 1 aliphatic rings. The van der Waals surface area contributed by atoms with E-state index in [9.17, 15) is 0 Å². The molecule has 0 aliphatic carbocycles. The Hall–Kier alpha value is -2.79. The van der Waals surface area contributed by atoms with Crippen LogP contribution in [-0.2, 0) is 18.4 Å². The lowest BCUT2D eigenvalue weighted by atomic mass is 9.94. The maximum absolute atomic E-state index is 6.20. The molecule has 0 spiro atoms. The monoisotopic (exact) mass is 322 g/mol. The molecule has 2 unspecified atom stereocenters. The quantitative estimate of drug-likeness (QED) is 0.634. The minimum Gasteiger partial charge on any atom is -0.489 e. The summed E-state index contributed by atoms with van der Waals surface area (Å²) in [6, 6.07) is 10.0. The number of nitrogens with one attached hydrogen (secondary N) is 1. The highest BCUT2D eigenvalue weighted by molar-refractivity contribution is 5.70. The van der Waals surface area contributed by atoms with Crippen molar-refractivity contribution in [2.75, 3.05) is 0 Å². The zero-order valence-electron chi connectivity index (χ0n) is 13.7. The zero-order chi connectivity index (χ0) is 16.9. The van der Waals surface area contributed by atoms with Gasteiger partial charge in [-0.3, -0.25) is 4.68 Å². The summed E-state index contributed by atoms with van der Waals surface area (Å²) in [6.07, 6.45) is 9.29. The van der Waals surface area contributed by atoms with E-state index in [1.165, 1.54) is 0 Å². The first-order valence-electron chi connectivity index (χ1n) is 7.89. The largest absolute Gasteiger partial charge is 0.489 e. The molecule has 0 saturated carbocycles. The van der Waals surface area contributed by atoms with Gasteiger partial charge in [0.15, 0.2) is 0 Å². The third kappa shape index (κ3) is 3.58. The second-order valence-electron chi connectivity index (χ2n) is 5.77. The fourth-order valence-corrected chi connectivity index (χ4v) is 2.71. The molecule has 0 fully saturated rings. The standard InChI is InChI=1S/C19H22N4O/c1-3-16(24-13-14-7-5-4-6-8-14)9-17-18(11-21-19(17)20)15-10-22-23(2)12-15/h3-12,17,19,21H,1,13,20H2,2H3/b16-9+. The molecule has 0 amide bonds. The van der Waals surface area contributed by atoms with Crippen LogP contribution in [0.15, 0.2) is 73.4 Å². The van der Waals surface area contributed by atoms with Crippen molar-refractivity contribution in [1.82, 2.24) is 15.1 Å². The number of rotatable bonds is 6. The third-order valence-electron chi connectivity index (χ3n) is 4.01. The molecule has 1 aliphatic heterocycles. The summed E-state index contributed by atoms with van der Waals surface area (Å²) in [5, 5.41) is 7.41. The van der Waals surface area contributed by atoms with Gasteiger partial charge in [0.2, 0.25) is 0 Å². The van der Waals surface area contributed by atoms with Crippen molar-refractivity contribution in [3.05, 3.63) is 84.5 Å². The first-order chi connectivity index (χ1) is 11.7. The van der Waals surface area contributed by atoms with Gasteiger partial charge in [0.05, 0.1) is 12.4 Å². The van der Waals surface area contributed by atoms with Crippen LogP contribution in [0.4, 0.5) is 0 Å². The van der Waals surface area contributed by atoms with Crippen molar-refractivity contribution >= 4 is 5.57 Å². The van der Waals surface area contributed by atoms with Crippen LogP contribution in [0.25, 0.3) is 5.57 Å². The second-order valence-corrected chi connectivity index (χ2v) is 5.77. The molecule has 5 nitrogen and oxygen atoms in total. The van der Waals surface area contributed by atoms with E-state index in [0.717, 1.165) is 22.5 Å². The average molecular weight is 322 g/mol. The first kappa shape index (κ1) is 16.1. The molecule has 3 rings (SSSR count). The predicted molar refractivity (Wildman–Crippen MR) is 95.3 cm³/mol. The number of allylic oxidation sites excluding steroid dienone is 1. The Morgan fingerprint density at radius 2 is 2.21 bits per heavy atom. The Kier molecular flexibility index (Phi) is 4.82. The van der Waals surface area contributed by atoms with Gasteiger partial charge in [-0.15, -0.1) is 0 Å². The molecular formula is C19H22N4O. The number of benzene rings is 1. The molecule has 5 heteroatoms. The average Bonchev–Trinajstić information content (AvgIpc) is 3.18. The van der Waals surface area contributed by atoms with Crippen molar-refractivity contribution in [2.24, 2.45) is 18.7 Å². The molecule has 1 aromatic heterocycles. The maximum atomic E-state index is 6.20. The second kappa shape index (κ2) is 7.19. The van der Waals surface area contributed by atoms with Crippen LogP contribution in [0.2, 0.25) is 0 Å². The van der Waals surface area contributed by atoms with Crippen LogP contribution in [0, 0.1) is 5.92 Å². The highest BCUT2D eigenvalue weighted by Crippen LogP contribution is 2.30. The number of aryl methyl sites for hydroxylation is 1. The van der Waals surface area contributed by atoms with Gasteiger partial charge in [-0.25, -0.2) is 0 Å². The Morgan fingerprint density at radius 1 is 1.42 bits per heavy atom. The summed E-state index contributed by atoms with van der Waals surface area (Å²) in [7, 11) is 1.90. The molecule has 2 aromatic rings. The predicted octanol–water partition coefficient (Wildman–Crippen LogP) is 2.55. The fourth-order valence-electron chi connectivity index (χ4n) is 2.71. The number of hydrogen-bond donors (Lipinski definition) is 2. The van der Waals surface area contributed by atoms with Crippen LogP contribution in [0.5, 0.6) is 0 Å². The molecule has 1 aromatic carbocycles. The molecule has 124 valence electrons. The van der Waals surface area contributed by atoms with Gasteiger partial charge in [0.1, 0.15) is 12.4 Å². The minimum atomic E-state index is -0.199. The van der Waals surface area contributed by atoms with Crippen molar-refractivity contribution < 1.29 is 4.74 Å². The van der Waals surface area contributed by atoms with E-state index < -0.39 is 0 Å². The van der Waals surface area contributed by atoms with E-state index in [1.807, 2.05) is 62.0 Å². The van der Waals surface area contributed by atoms with Gasteiger partial charge in [-0.2, -0.15) is 5.10 Å². The van der Waals surface area contributed by atoms with Crippen LogP contribution in [0.3, 0.4) is 0 Å². The van der Waals surface area contributed by atoms with E-state index in [1.54, 1.807) is 10.8 Å². The van der Waals surface area contributed by atoms with Gasteiger partial charge in [-0.05, 0) is 23.3 Å². The molecule has 2 atom stereocenters. The van der Waals surface area contributed by atoms with Crippen LogP contribution in [0.1, 0.15) is 11.1 Å². The molecular weight excluding hydrogens is 300 g/mol. The number of aromatic nitrogens is 2. The smallest absolute Gasteiger partial charge is 0.115 e. The highest BCUT2D eigenvalue weighted by atomic mass is 16.5. The Balaban J connectivity index is 1.75. The van der Waals surface area contributed by atoms with E-state index in [4.69, 9.17) is 10.5 Å². The minimum absolute atomic E-state index is 0.00188. The number of nitrogens with zero attached hydrogens (tertiary/aromatic N) is 2. The lowest BCUT2D eigenvalue weighted by Gasteiger charge is -2.17. The highest BCUT2D eigenvalue weighted by Gasteiger charge is 2.27. The summed E-state index contributed by atoms with van der Waals surface area (Å²) in [4.78, 5) is 0. The van der Waals surface area contributed by atoms with Gasteiger partial charge < -0.3 is 15.8 Å². The van der Waals surface area contributed by atoms with Gasteiger partial charge in [-0.1, -0.05) is 36.9 Å². The number of nitrogens with two attached hydrogens (primary N) is 1. The van der Waals surface area contributed by atoms with Gasteiger partial charge >= 0.3 is 0 Å². The van der Waals surface area contributed by atoms with Gasteiger partial charge in [0.25, 0.3) is 0 Å².